The van der Waals surface area contributed by atoms with Gasteiger partial charge in [0.2, 0.25) is 0 Å². The van der Waals surface area contributed by atoms with Gasteiger partial charge in [-0.1, -0.05) is 12.2 Å². The Bertz CT molecular complexity index is 917. The van der Waals surface area contributed by atoms with Gasteiger partial charge < -0.3 is 0 Å². The maximum atomic E-state index is 12.1. The van der Waals surface area contributed by atoms with Gasteiger partial charge in [0, 0.05) is 12.4 Å². The molecule has 0 aliphatic rings. The van der Waals surface area contributed by atoms with E-state index in [1.54, 1.807) is 26.0 Å². The molecule has 13 heteroatoms. The lowest BCUT2D eigenvalue weighted by Crippen LogP contribution is -2.29. The van der Waals surface area contributed by atoms with Crippen molar-refractivity contribution in [3.05, 3.63) is 33.1 Å². The third-order valence-corrected chi connectivity index (χ3v) is 4.74. The minimum atomic E-state index is -3.53. The van der Waals surface area contributed by atoms with Crippen molar-refractivity contribution in [3.8, 4) is 0 Å². The Hall–Kier alpha value is -2.83. The molecule has 0 saturated carbocycles. The smallest absolute Gasteiger partial charge is 0.244 e. The Morgan fingerprint density at radius 3 is 1.56 bits per heavy atom. The molecule has 0 bridgehead atoms. The summed E-state index contributed by atoms with van der Waals surface area (Å²) in [6.45, 7) is 3.17. The maximum Gasteiger partial charge on any atom is 0.367 e. The van der Waals surface area contributed by atoms with Crippen molar-refractivity contribution in [1.29, 1.82) is 0 Å². The highest BCUT2D eigenvalue weighted by atomic mass is 32.2. The molecule has 0 radical (unpaired) electrons. The Morgan fingerprint density at radius 2 is 1.20 bits per heavy atom. The lowest BCUT2D eigenvalue weighted by molar-refractivity contribution is 0.554. The molecule has 0 fully saturated rings. The highest BCUT2D eigenvalue weighted by Crippen LogP contribution is 1.94. The molecule has 0 spiro atoms. The molecule has 0 aliphatic heterocycles. The van der Waals surface area contributed by atoms with E-state index in [4.69, 9.17) is 0 Å². The number of hydrogen-bond acceptors (Lipinski definition) is 8. The minimum absolute atomic E-state index is 0.126. The summed E-state index contributed by atoms with van der Waals surface area (Å²) in [5.74, 6) is -0.613. The molecule has 0 N–H and O–H groups in total. The number of tetrazole rings is 2. The summed E-state index contributed by atoms with van der Waals surface area (Å²) in [5, 5.41) is 14.4. The van der Waals surface area contributed by atoms with E-state index in [-0.39, 0.29) is 24.6 Å². The summed E-state index contributed by atoms with van der Waals surface area (Å²) >= 11 is 0. The number of sulfone groups is 1. The van der Waals surface area contributed by atoms with Crippen LogP contribution in [0.4, 0.5) is 0 Å². The predicted molar refractivity (Wildman–Crippen MR) is 89.2 cm³/mol. The lowest BCUT2D eigenvalue weighted by atomic mass is 10.7. The third-order valence-electron chi connectivity index (χ3n) is 3.13. The monoisotopic (exact) mass is 370 g/mol. The fourth-order valence-corrected chi connectivity index (χ4v) is 2.98. The summed E-state index contributed by atoms with van der Waals surface area (Å²) < 4.78 is 28.1. The van der Waals surface area contributed by atoms with Crippen molar-refractivity contribution in [1.82, 2.24) is 39.6 Å². The largest absolute Gasteiger partial charge is 0.367 e. The quantitative estimate of drug-likeness (QED) is 0.535. The van der Waals surface area contributed by atoms with E-state index >= 15 is 0 Å². The number of nitrogens with zero attached hydrogens (tertiary/aromatic N) is 8. The number of allylic oxidation sites excluding steroid dienone is 2. The lowest BCUT2D eigenvalue weighted by Gasteiger charge is -2.02. The van der Waals surface area contributed by atoms with Crippen LogP contribution in [0.2, 0.25) is 0 Å². The second-order valence-electron chi connectivity index (χ2n) is 4.97. The highest BCUT2D eigenvalue weighted by Gasteiger charge is 2.15. The van der Waals surface area contributed by atoms with Crippen LogP contribution in [0.1, 0.15) is 13.8 Å². The van der Waals surface area contributed by atoms with E-state index in [0.29, 0.717) is 0 Å². The molecule has 0 unspecified atom stereocenters. The molecule has 2 heterocycles. The van der Waals surface area contributed by atoms with E-state index < -0.39 is 21.2 Å². The molecule has 0 aromatic carbocycles. The second kappa shape index (κ2) is 7.83. The van der Waals surface area contributed by atoms with Crippen molar-refractivity contribution in [2.45, 2.75) is 26.9 Å². The first-order chi connectivity index (χ1) is 11.9. The molecule has 0 saturated heterocycles. The zero-order chi connectivity index (χ0) is 18.4. The molecule has 2 aromatic heterocycles. The summed E-state index contributed by atoms with van der Waals surface area (Å²) in [4.78, 5) is 23.7. The number of hydrogen-bond donors (Lipinski definition) is 0. The van der Waals surface area contributed by atoms with E-state index in [9.17, 15) is 18.0 Å². The van der Waals surface area contributed by atoms with Crippen molar-refractivity contribution in [3.63, 3.8) is 0 Å². The number of aromatic nitrogens is 8. The topological polar surface area (TPSA) is 140 Å². The zero-order valence-corrected chi connectivity index (χ0v) is 14.6. The van der Waals surface area contributed by atoms with Gasteiger partial charge in [0.1, 0.15) is 0 Å². The molecule has 2 aromatic rings. The molecular formula is C12H18N8O4S. The van der Waals surface area contributed by atoms with E-state index in [2.05, 4.69) is 20.9 Å². The standard InChI is InChI=1S/C12H18N8O4S/c1-3-5-17-11(21)19(15-13-17)7-9-25(23,24)10-8-20-12(22)18(6-4-2)14-16-20/h3-6H,7-10H2,1-2H3/b5-3+,6-4+. The van der Waals surface area contributed by atoms with Gasteiger partial charge >= 0.3 is 11.4 Å². The first-order valence-corrected chi connectivity index (χ1v) is 9.20. The Labute approximate surface area is 142 Å². The van der Waals surface area contributed by atoms with Crippen molar-refractivity contribution >= 4 is 22.2 Å². The normalized spacial score (nSPS) is 12.6. The van der Waals surface area contributed by atoms with Crippen molar-refractivity contribution in [2.24, 2.45) is 0 Å². The van der Waals surface area contributed by atoms with Crippen LogP contribution < -0.4 is 11.4 Å². The van der Waals surface area contributed by atoms with Gasteiger partial charge in [0.05, 0.1) is 24.6 Å². The van der Waals surface area contributed by atoms with Crippen molar-refractivity contribution < 1.29 is 8.42 Å². The van der Waals surface area contributed by atoms with Crippen LogP contribution in [0.15, 0.2) is 21.7 Å². The molecule has 25 heavy (non-hydrogen) atoms. The SMILES string of the molecule is C/C=C/n1nnn(CCS(=O)(=O)CCn2nnn(/C=C/C)c2=O)c1=O. The molecular weight excluding hydrogens is 352 g/mol. The van der Waals surface area contributed by atoms with E-state index in [1.165, 1.54) is 12.4 Å². The van der Waals surface area contributed by atoms with Crippen LogP contribution in [0.3, 0.4) is 0 Å². The van der Waals surface area contributed by atoms with E-state index in [0.717, 1.165) is 18.7 Å². The highest BCUT2D eigenvalue weighted by molar-refractivity contribution is 7.91. The fraction of sp³-hybridized carbons (Fsp3) is 0.500. The average molecular weight is 370 g/mol. The molecule has 0 atom stereocenters. The van der Waals surface area contributed by atoms with Crippen LogP contribution in [0, 0.1) is 0 Å². The molecule has 12 nitrogen and oxygen atoms in total. The van der Waals surface area contributed by atoms with Gasteiger partial charge in [-0.3, -0.25) is 0 Å². The predicted octanol–water partition coefficient (Wildman–Crippen LogP) is -1.71. The first kappa shape index (κ1) is 18.5. The number of rotatable bonds is 8. The van der Waals surface area contributed by atoms with Gasteiger partial charge in [-0.05, 0) is 34.7 Å². The second-order valence-corrected chi connectivity index (χ2v) is 7.28. The Kier molecular flexibility index (Phi) is 5.80. The van der Waals surface area contributed by atoms with Crippen LogP contribution in [-0.2, 0) is 22.9 Å². The Morgan fingerprint density at radius 1 is 0.800 bits per heavy atom. The first-order valence-electron chi connectivity index (χ1n) is 7.38. The van der Waals surface area contributed by atoms with E-state index in [1.807, 2.05) is 0 Å². The van der Waals surface area contributed by atoms with Gasteiger partial charge in [-0.15, -0.1) is 0 Å². The fourth-order valence-electron chi connectivity index (χ4n) is 1.88. The average Bonchev–Trinajstić information content (AvgIpc) is 3.09. The van der Waals surface area contributed by atoms with Crippen LogP contribution >= 0.6 is 0 Å². The summed E-state index contributed by atoms with van der Waals surface area (Å²) in [6, 6.07) is 0. The van der Waals surface area contributed by atoms with Crippen LogP contribution in [0.5, 0.6) is 0 Å². The van der Waals surface area contributed by atoms with Gasteiger partial charge in [0.25, 0.3) is 0 Å². The Balaban J connectivity index is 1.99. The van der Waals surface area contributed by atoms with Crippen LogP contribution in [-0.4, -0.2) is 59.5 Å². The summed E-state index contributed by atoms with van der Waals surface area (Å²) in [7, 11) is -3.53. The van der Waals surface area contributed by atoms with Gasteiger partial charge in [-0.2, -0.15) is 18.7 Å². The maximum absolute atomic E-state index is 12.1. The number of aryl methyl sites for hydroxylation is 2. The molecule has 136 valence electrons. The van der Waals surface area contributed by atoms with Crippen molar-refractivity contribution in [2.75, 3.05) is 11.5 Å². The van der Waals surface area contributed by atoms with Gasteiger partial charge in [-0.25, -0.2) is 18.0 Å². The molecule has 0 aliphatic carbocycles. The summed E-state index contributed by atoms with van der Waals surface area (Å²) in [5.41, 5.74) is -1.06. The molecule has 0 amide bonds. The van der Waals surface area contributed by atoms with Crippen LogP contribution in [0.25, 0.3) is 12.4 Å². The zero-order valence-electron chi connectivity index (χ0n) is 13.8. The minimum Gasteiger partial charge on any atom is -0.244 e. The summed E-state index contributed by atoms with van der Waals surface area (Å²) in [6.07, 6.45) is 6.05. The van der Waals surface area contributed by atoms with Gasteiger partial charge in [0.15, 0.2) is 9.84 Å². The molecule has 2 rings (SSSR count). The third kappa shape index (κ3) is 4.59.